The Morgan fingerprint density at radius 2 is 1.95 bits per heavy atom. The van der Waals surface area contributed by atoms with Crippen LogP contribution in [0.4, 0.5) is 0 Å². The maximum absolute atomic E-state index is 11.8. The van der Waals surface area contributed by atoms with E-state index in [1.54, 1.807) is 11.4 Å². The van der Waals surface area contributed by atoms with Crippen LogP contribution >= 0.6 is 11.3 Å². The third-order valence-corrected chi connectivity index (χ3v) is 4.44. The van der Waals surface area contributed by atoms with Crippen molar-refractivity contribution in [3.05, 3.63) is 21.9 Å². The van der Waals surface area contributed by atoms with Gasteiger partial charge in [-0.2, -0.15) is 0 Å². The monoisotopic (exact) mass is 346 g/mol. The molecule has 7 heteroatoms. The van der Waals surface area contributed by atoms with Gasteiger partial charge in [-0.1, -0.05) is 20.8 Å². The Morgan fingerprint density at radius 1 is 1.36 bits per heavy atom. The molecular weight excluding hydrogens is 320 g/mol. The van der Waals surface area contributed by atoms with E-state index in [-0.39, 0.29) is 5.41 Å². The zero-order valence-corrected chi connectivity index (χ0v) is 15.8. The molecule has 1 aromatic heterocycles. The summed E-state index contributed by atoms with van der Waals surface area (Å²) in [6.45, 7) is 12.6. The third kappa shape index (κ3) is 6.89. The first kappa shape index (κ1) is 19.1. The van der Waals surface area contributed by atoms with Gasteiger partial charge in [-0.05, 0) is 25.3 Å². The van der Waals surface area contributed by atoms with Gasteiger partial charge in [0, 0.05) is 29.4 Å². The Balaban J connectivity index is 2.80. The second-order valence-electron chi connectivity index (χ2n) is 7.06. The van der Waals surface area contributed by atoms with E-state index in [1.807, 2.05) is 4.72 Å². The average Bonchev–Trinajstić information content (AvgIpc) is 2.72. The number of hydrogen-bond acceptors (Lipinski definition) is 5. The van der Waals surface area contributed by atoms with Gasteiger partial charge in [0.05, 0.1) is 11.8 Å². The predicted octanol–water partition coefficient (Wildman–Crippen LogP) is 2.69. The van der Waals surface area contributed by atoms with Crippen molar-refractivity contribution < 1.29 is 13.2 Å². The molecule has 0 atom stereocenters. The van der Waals surface area contributed by atoms with Crippen LogP contribution in [0.2, 0.25) is 0 Å². The molecule has 5 nitrogen and oxygen atoms in total. The van der Waals surface area contributed by atoms with Crippen LogP contribution in [0.15, 0.2) is 11.4 Å². The van der Waals surface area contributed by atoms with Crippen molar-refractivity contribution >= 4 is 27.3 Å². The molecule has 0 spiro atoms. The van der Waals surface area contributed by atoms with Gasteiger partial charge in [-0.15, -0.1) is 11.3 Å². The minimum absolute atomic E-state index is 0.192. The fourth-order valence-electron chi connectivity index (χ4n) is 2.04. The first-order chi connectivity index (χ1) is 9.87. The van der Waals surface area contributed by atoms with Crippen molar-refractivity contribution in [1.29, 1.82) is 0 Å². The maximum atomic E-state index is 11.8. The molecule has 0 saturated heterocycles. The van der Waals surface area contributed by atoms with E-state index < -0.39 is 15.9 Å². The molecule has 0 aliphatic heterocycles. The van der Waals surface area contributed by atoms with Crippen molar-refractivity contribution in [2.24, 2.45) is 5.41 Å². The van der Waals surface area contributed by atoms with E-state index in [0.717, 1.165) is 24.2 Å². The fourth-order valence-corrected chi connectivity index (χ4v) is 3.38. The number of thiophene rings is 1. The molecule has 0 radical (unpaired) electrons. The third-order valence-electron chi connectivity index (χ3n) is 2.96. The highest BCUT2D eigenvalue weighted by atomic mass is 32.2. The number of hydrogen-bond donors (Lipinski definition) is 1. The Labute approximate surface area is 137 Å². The summed E-state index contributed by atoms with van der Waals surface area (Å²) in [5.74, 6) is -0.572. The molecule has 0 aromatic carbocycles. The Bertz CT molecular complexity index is 613. The molecule has 0 aliphatic rings. The van der Waals surface area contributed by atoms with Crippen molar-refractivity contribution in [3.63, 3.8) is 0 Å². The van der Waals surface area contributed by atoms with Crippen molar-refractivity contribution in [1.82, 2.24) is 9.62 Å². The second-order valence-corrected chi connectivity index (χ2v) is 9.81. The standard InChI is InChI=1S/C15H26N2O3S2/c1-11(2)17(10-15(3,4)5)8-13-7-12(9-21-13)14(18)16-22(6,19)20/h7,9,11H,8,10H2,1-6H3,(H,16,18). The van der Waals surface area contributed by atoms with E-state index in [4.69, 9.17) is 0 Å². The molecule has 0 fully saturated rings. The molecule has 1 heterocycles. The van der Waals surface area contributed by atoms with Crippen LogP contribution in [0, 0.1) is 5.41 Å². The van der Waals surface area contributed by atoms with Gasteiger partial charge < -0.3 is 0 Å². The van der Waals surface area contributed by atoms with Gasteiger partial charge >= 0.3 is 0 Å². The summed E-state index contributed by atoms with van der Waals surface area (Å²) in [5.41, 5.74) is 0.586. The second kappa shape index (κ2) is 7.10. The maximum Gasteiger partial charge on any atom is 0.265 e. The molecule has 1 N–H and O–H groups in total. The van der Waals surface area contributed by atoms with Gasteiger partial charge in [0.15, 0.2) is 0 Å². The zero-order valence-electron chi connectivity index (χ0n) is 14.1. The fraction of sp³-hybridized carbons (Fsp3) is 0.667. The minimum atomic E-state index is -3.53. The molecule has 22 heavy (non-hydrogen) atoms. The molecule has 0 aliphatic carbocycles. The van der Waals surface area contributed by atoms with Gasteiger partial charge in [-0.3, -0.25) is 9.69 Å². The number of nitrogens with one attached hydrogen (secondary N) is 1. The minimum Gasteiger partial charge on any atom is -0.295 e. The van der Waals surface area contributed by atoms with Crippen molar-refractivity contribution in [2.75, 3.05) is 12.8 Å². The highest BCUT2D eigenvalue weighted by Gasteiger charge is 2.20. The largest absolute Gasteiger partial charge is 0.295 e. The van der Waals surface area contributed by atoms with Crippen LogP contribution in [0.5, 0.6) is 0 Å². The smallest absolute Gasteiger partial charge is 0.265 e. The van der Waals surface area contributed by atoms with Crippen LogP contribution in [0.25, 0.3) is 0 Å². The summed E-state index contributed by atoms with van der Waals surface area (Å²) in [7, 11) is -3.53. The Morgan fingerprint density at radius 3 is 2.41 bits per heavy atom. The summed E-state index contributed by atoms with van der Waals surface area (Å²) in [6.07, 6.45) is 0.974. The number of carbonyl (C=O) groups excluding carboxylic acids is 1. The number of carbonyl (C=O) groups is 1. The van der Waals surface area contributed by atoms with Gasteiger partial charge in [0.1, 0.15) is 0 Å². The average molecular weight is 347 g/mol. The Kier molecular flexibility index (Phi) is 6.18. The topological polar surface area (TPSA) is 66.5 Å². The van der Waals surface area contributed by atoms with Gasteiger partial charge in [0.25, 0.3) is 5.91 Å². The van der Waals surface area contributed by atoms with Crippen LogP contribution in [0.3, 0.4) is 0 Å². The van der Waals surface area contributed by atoms with Gasteiger partial charge in [-0.25, -0.2) is 13.1 Å². The normalized spacial score (nSPS) is 12.9. The molecule has 0 bridgehead atoms. The molecule has 126 valence electrons. The van der Waals surface area contributed by atoms with Gasteiger partial charge in [0.2, 0.25) is 10.0 Å². The van der Waals surface area contributed by atoms with E-state index in [2.05, 4.69) is 39.5 Å². The van der Waals surface area contributed by atoms with Crippen LogP contribution in [-0.4, -0.2) is 38.1 Å². The summed E-state index contributed by atoms with van der Waals surface area (Å²) < 4.78 is 24.2. The molecule has 0 saturated carbocycles. The molecule has 1 rings (SSSR count). The van der Waals surface area contributed by atoms with Crippen molar-refractivity contribution in [3.8, 4) is 0 Å². The van der Waals surface area contributed by atoms with E-state index >= 15 is 0 Å². The quantitative estimate of drug-likeness (QED) is 0.860. The molecule has 0 unspecified atom stereocenters. The first-order valence-electron chi connectivity index (χ1n) is 7.21. The van der Waals surface area contributed by atoms with Crippen LogP contribution in [0.1, 0.15) is 49.9 Å². The number of nitrogens with zero attached hydrogens (tertiary/aromatic N) is 1. The lowest BCUT2D eigenvalue weighted by molar-refractivity contribution is 0.0982. The highest BCUT2D eigenvalue weighted by molar-refractivity contribution is 7.89. The lowest BCUT2D eigenvalue weighted by Crippen LogP contribution is -2.37. The lowest BCUT2D eigenvalue weighted by Gasteiger charge is -2.32. The van der Waals surface area contributed by atoms with Crippen LogP contribution < -0.4 is 4.72 Å². The Hall–Kier alpha value is -0.920. The summed E-state index contributed by atoms with van der Waals surface area (Å²) >= 11 is 1.48. The highest BCUT2D eigenvalue weighted by Crippen LogP contribution is 2.22. The van der Waals surface area contributed by atoms with E-state index in [0.29, 0.717) is 11.6 Å². The predicted molar refractivity (Wildman–Crippen MR) is 91.6 cm³/mol. The SMILES string of the molecule is CC(C)N(Cc1cc(C(=O)NS(C)(=O)=O)cs1)CC(C)(C)C. The number of amides is 1. The molecule has 1 amide bonds. The lowest BCUT2D eigenvalue weighted by atomic mass is 9.95. The van der Waals surface area contributed by atoms with E-state index in [9.17, 15) is 13.2 Å². The van der Waals surface area contributed by atoms with Crippen LogP contribution in [-0.2, 0) is 16.6 Å². The zero-order chi connectivity index (χ0) is 17.1. The molecular formula is C15H26N2O3S2. The number of rotatable bonds is 6. The number of sulfonamides is 1. The first-order valence-corrected chi connectivity index (χ1v) is 9.98. The van der Waals surface area contributed by atoms with Crippen molar-refractivity contribution in [2.45, 2.75) is 47.2 Å². The van der Waals surface area contributed by atoms with E-state index in [1.165, 1.54) is 11.3 Å². The molecule has 1 aromatic rings. The summed E-state index contributed by atoms with van der Waals surface area (Å²) in [4.78, 5) is 15.2. The summed E-state index contributed by atoms with van der Waals surface area (Å²) in [6, 6.07) is 2.16. The summed E-state index contributed by atoms with van der Waals surface area (Å²) in [5, 5.41) is 1.70.